The highest BCUT2D eigenvalue weighted by molar-refractivity contribution is 7.85. The van der Waals surface area contributed by atoms with Crippen molar-refractivity contribution in [2.75, 3.05) is 69.1 Å². The molecule has 316 valence electrons. The molecule has 1 atom stereocenters. The van der Waals surface area contributed by atoms with Gasteiger partial charge in [-0.25, -0.2) is 14.0 Å². The molecule has 0 radical (unpaired) electrons. The number of hydrogen-bond acceptors (Lipinski definition) is 12. The van der Waals surface area contributed by atoms with Crippen LogP contribution in [0.15, 0.2) is 57.0 Å². The molecular formula is C40H53FN6O10S. The minimum absolute atomic E-state index is 0.0715. The maximum Gasteiger partial charge on any atom is 0.343 e. The van der Waals surface area contributed by atoms with E-state index < -0.39 is 33.0 Å². The monoisotopic (exact) mass is 828 g/mol. The fraction of sp³-hybridized carbons (Fsp3) is 0.500. The number of ether oxygens (including phenoxy) is 2. The number of aliphatic hydroxyl groups is 1. The predicted molar refractivity (Wildman–Crippen MR) is 220 cm³/mol. The van der Waals surface area contributed by atoms with Gasteiger partial charge in [0.1, 0.15) is 23.8 Å². The molecule has 1 aliphatic carbocycles. The minimum atomic E-state index is -3.67. The van der Waals surface area contributed by atoms with Gasteiger partial charge in [-0.05, 0) is 87.9 Å². The number of aromatic nitrogens is 3. The number of halogens is 1. The van der Waals surface area contributed by atoms with Gasteiger partial charge in [0.2, 0.25) is 5.43 Å². The van der Waals surface area contributed by atoms with Crippen LogP contribution in [0.25, 0.3) is 10.9 Å². The maximum atomic E-state index is 15.7. The largest absolute Gasteiger partial charge is 0.459 e. The number of carbonyl (C=O) groups is 1. The second-order valence-electron chi connectivity index (χ2n) is 14.7. The SMILES string of the molecule is CCc1cc(Nc2cc(=O)n(CCCCN3CCN(c4cc5c(cc4F)c(=O)c(C(=O)OCCOCCO)cn5C4CC4)C[C@@H]3C)c(=O)[nH]2)ccc1C.CS(=O)(=O)O. The van der Waals surface area contributed by atoms with Crippen molar-refractivity contribution in [1.82, 2.24) is 19.0 Å². The van der Waals surface area contributed by atoms with Crippen LogP contribution in [0.3, 0.4) is 0 Å². The molecule has 0 spiro atoms. The summed E-state index contributed by atoms with van der Waals surface area (Å²) in [5, 5.41) is 12.1. The van der Waals surface area contributed by atoms with Crippen LogP contribution in [0.4, 0.5) is 21.6 Å². The van der Waals surface area contributed by atoms with E-state index in [-0.39, 0.29) is 55.0 Å². The Balaban J connectivity index is 0.00000121. The third-order valence-electron chi connectivity index (χ3n) is 10.2. The summed E-state index contributed by atoms with van der Waals surface area (Å²) in [6.45, 7) is 9.14. The summed E-state index contributed by atoms with van der Waals surface area (Å²) in [5.41, 5.74) is 2.66. The maximum absolute atomic E-state index is 15.7. The number of aliphatic hydroxyl groups excluding tert-OH is 1. The van der Waals surface area contributed by atoms with Gasteiger partial charge in [-0.15, -0.1) is 0 Å². The van der Waals surface area contributed by atoms with Crippen molar-refractivity contribution in [3.8, 4) is 0 Å². The van der Waals surface area contributed by atoms with Crippen LogP contribution in [0, 0.1) is 12.7 Å². The van der Waals surface area contributed by atoms with Crippen LogP contribution >= 0.6 is 0 Å². The Hall–Kier alpha value is -4.88. The molecule has 4 aromatic rings. The number of nitrogens with zero attached hydrogens (tertiary/aromatic N) is 4. The molecular weight excluding hydrogens is 776 g/mol. The molecule has 3 heterocycles. The molecule has 2 aromatic carbocycles. The predicted octanol–water partition coefficient (Wildman–Crippen LogP) is 3.60. The normalized spacial score (nSPS) is 15.9. The molecule has 18 heteroatoms. The number of nitrogens with one attached hydrogen (secondary N) is 2. The van der Waals surface area contributed by atoms with Crippen LogP contribution in [0.1, 0.15) is 67.1 Å². The summed E-state index contributed by atoms with van der Waals surface area (Å²) in [7, 11) is -3.67. The van der Waals surface area contributed by atoms with Gasteiger partial charge in [-0.1, -0.05) is 13.0 Å². The van der Waals surface area contributed by atoms with Crippen molar-refractivity contribution in [3.05, 3.63) is 96.2 Å². The third kappa shape index (κ3) is 11.8. The molecule has 16 nitrogen and oxygen atoms in total. The Morgan fingerprint density at radius 3 is 2.41 bits per heavy atom. The number of fused-ring (bicyclic) bond motifs is 1. The summed E-state index contributed by atoms with van der Waals surface area (Å²) >= 11 is 0. The fourth-order valence-corrected chi connectivity index (χ4v) is 7.05. The number of piperazine rings is 1. The van der Waals surface area contributed by atoms with E-state index in [0.29, 0.717) is 55.9 Å². The molecule has 1 saturated heterocycles. The Morgan fingerprint density at radius 2 is 1.76 bits per heavy atom. The van der Waals surface area contributed by atoms with Crippen molar-refractivity contribution in [1.29, 1.82) is 0 Å². The lowest BCUT2D eigenvalue weighted by atomic mass is 10.1. The van der Waals surface area contributed by atoms with E-state index in [1.807, 2.05) is 27.7 Å². The first-order chi connectivity index (χ1) is 27.6. The van der Waals surface area contributed by atoms with Crippen molar-refractivity contribution in [3.63, 3.8) is 0 Å². The average molecular weight is 829 g/mol. The zero-order valence-electron chi connectivity index (χ0n) is 33.3. The summed E-state index contributed by atoms with van der Waals surface area (Å²) in [4.78, 5) is 59.0. The zero-order valence-corrected chi connectivity index (χ0v) is 34.1. The number of carbonyl (C=O) groups excluding carboxylic acids is 1. The van der Waals surface area contributed by atoms with E-state index in [9.17, 15) is 27.6 Å². The number of hydrogen-bond donors (Lipinski definition) is 4. The highest BCUT2D eigenvalue weighted by atomic mass is 32.2. The lowest BCUT2D eigenvalue weighted by Gasteiger charge is -2.41. The number of H-pyrrole nitrogens is 1. The van der Waals surface area contributed by atoms with E-state index in [4.69, 9.17) is 19.1 Å². The number of anilines is 3. The number of rotatable bonds is 16. The summed E-state index contributed by atoms with van der Waals surface area (Å²) in [6.07, 6.45) is 6.33. The summed E-state index contributed by atoms with van der Waals surface area (Å²) < 4.78 is 55.1. The molecule has 2 aliphatic rings. The first-order valence-electron chi connectivity index (χ1n) is 19.4. The second kappa shape index (κ2) is 19.7. The van der Waals surface area contributed by atoms with Gasteiger partial charge in [-0.2, -0.15) is 8.42 Å². The Kier molecular flexibility index (Phi) is 15.0. The molecule has 2 aromatic heterocycles. The lowest BCUT2D eigenvalue weighted by Crippen LogP contribution is -2.52. The molecule has 0 unspecified atom stereocenters. The molecule has 0 bridgehead atoms. The number of benzene rings is 2. The van der Waals surface area contributed by atoms with Crippen LogP contribution in [0.2, 0.25) is 0 Å². The Morgan fingerprint density at radius 1 is 1.03 bits per heavy atom. The lowest BCUT2D eigenvalue weighted by molar-refractivity contribution is 0.0256. The van der Waals surface area contributed by atoms with E-state index in [1.54, 1.807) is 6.07 Å². The van der Waals surface area contributed by atoms with E-state index in [1.165, 1.54) is 34.0 Å². The number of aryl methyl sites for hydroxylation is 2. The van der Waals surface area contributed by atoms with Crippen LogP contribution in [-0.4, -0.2) is 108 Å². The Labute approximate surface area is 335 Å². The molecule has 58 heavy (non-hydrogen) atoms. The van der Waals surface area contributed by atoms with Gasteiger partial charge in [0.25, 0.3) is 15.7 Å². The van der Waals surface area contributed by atoms with Gasteiger partial charge in [0, 0.05) is 61.6 Å². The van der Waals surface area contributed by atoms with E-state index in [0.717, 1.165) is 37.9 Å². The second-order valence-corrected chi connectivity index (χ2v) is 16.1. The minimum Gasteiger partial charge on any atom is -0.459 e. The third-order valence-corrected chi connectivity index (χ3v) is 10.2. The topological polar surface area (TPSA) is 205 Å². The fourth-order valence-electron chi connectivity index (χ4n) is 7.05. The first kappa shape index (κ1) is 44.2. The van der Waals surface area contributed by atoms with Crippen LogP contribution < -0.4 is 26.9 Å². The number of pyridine rings is 1. The average Bonchev–Trinajstić information content (AvgIpc) is 4.00. The van der Waals surface area contributed by atoms with E-state index in [2.05, 4.69) is 36.0 Å². The zero-order chi connectivity index (χ0) is 42.1. The van der Waals surface area contributed by atoms with Gasteiger partial charge < -0.3 is 29.4 Å². The molecule has 4 N–H and O–H groups in total. The standard InChI is InChI=1S/C39H49FN6O7.CH4O3S/c1-4-27-19-28(8-7-25(27)2)41-35-22-36(48)45(39(51)42-35)12-6-5-11-43-13-14-44(23-26(43)3)34-21-33-30(20-32(34)40)37(49)31(24-46(33)29-9-10-29)38(50)53-18-17-52-16-15-47;1-5(2,3)4/h7-8,19-22,24,26,29,41,47H,4-6,9-18,23H2,1-3H3,(H,42,51);1H3,(H,2,3,4)/t26-;/m0./s1. The highest BCUT2D eigenvalue weighted by Crippen LogP contribution is 2.38. The van der Waals surface area contributed by atoms with E-state index >= 15 is 4.39 Å². The molecule has 6 rings (SSSR count). The van der Waals surface area contributed by atoms with Crippen LogP contribution in [0.5, 0.6) is 0 Å². The summed E-state index contributed by atoms with van der Waals surface area (Å²) in [6, 6.07) is 10.5. The molecule has 1 aliphatic heterocycles. The smallest absolute Gasteiger partial charge is 0.343 e. The van der Waals surface area contributed by atoms with Crippen molar-refractivity contribution < 1.29 is 36.7 Å². The first-order valence-corrected chi connectivity index (χ1v) is 21.3. The molecule has 1 saturated carbocycles. The number of esters is 1. The van der Waals surface area contributed by atoms with Gasteiger partial charge in [-0.3, -0.25) is 28.6 Å². The Bertz CT molecular complexity index is 2340. The van der Waals surface area contributed by atoms with Crippen molar-refractivity contribution in [2.45, 2.75) is 71.5 Å². The van der Waals surface area contributed by atoms with Gasteiger partial charge in [0.05, 0.1) is 37.3 Å². The van der Waals surface area contributed by atoms with Gasteiger partial charge in [0.15, 0.2) is 0 Å². The molecule has 2 fully saturated rings. The quantitative estimate of drug-likeness (QED) is 0.0725. The van der Waals surface area contributed by atoms with Crippen molar-refractivity contribution in [2.24, 2.45) is 0 Å². The number of unbranched alkanes of at least 4 members (excludes halogenated alkanes) is 1. The van der Waals surface area contributed by atoms with Crippen LogP contribution in [-0.2, 0) is 32.6 Å². The van der Waals surface area contributed by atoms with Gasteiger partial charge >= 0.3 is 11.7 Å². The highest BCUT2D eigenvalue weighted by Gasteiger charge is 2.30. The molecule has 0 amide bonds. The summed E-state index contributed by atoms with van der Waals surface area (Å²) in [5.74, 6) is -0.960. The van der Waals surface area contributed by atoms with Crippen molar-refractivity contribution >= 4 is 44.2 Å². The number of aromatic amines is 1.